The highest BCUT2D eigenvalue weighted by molar-refractivity contribution is 5.97. The number of rotatable bonds is 4. The normalized spacial score (nSPS) is 13.3. The quantitative estimate of drug-likeness (QED) is 0.703. The van der Waals surface area contributed by atoms with Crippen molar-refractivity contribution >= 4 is 11.6 Å². The van der Waals surface area contributed by atoms with Crippen molar-refractivity contribution in [2.75, 3.05) is 5.73 Å². The molecule has 0 spiro atoms. The van der Waals surface area contributed by atoms with Gasteiger partial charge in [-0.3, -0.25) is 4.79 Å². The first-order valence-corrected chi connectivity index (χ1v) is 8.71. The first-order chi connectivity index (χ1) is 12.6. The highest BCUT2D eigenvalue weighted by atomic mass is 16.5. The molecule has 4 heteroatoms. The number of carbonyl (C=O) groups is 1. The summed E-state index contributed by atoms with van der Waals surface area (Å²) in [7, 11) is 0. The zero-order valence-corrected chi connectivity index (χ0v) is 14.6. The van der Waals surface area contributed by atoms with E-state index in [0.717, 1.165) is 28.0 Å². The van der Waals surface area contributed by atoms with E-state index in [1.807, 2.05) is 42.5 Å². The smallest absolute Gasteiger partial charge is 0.163 e. The van der Waals surface area contributed by atoms with E-state index in [9.17, 15) is 4.79 Å². The number of benzene rings is 2. The van der Waals surface area contributed by atoms with Gasteiger partial charge < -0.3 is 10.5 Å². The molecule has 2 N–H and O–H groups in total. The number of hydrogen-bond acceptors (Lipinski definition) is 4. The molecule has 1 aliphatic rings. The SMILES string of the molecule is C[C@@H](CC(=O)c1ccc2c(c1)COc1cnc(N)cc1-2)c1ccccc1. The van der Waals surface area contributed by atoms with Gasteiger partial charge in [0.25, 0.3) is 0 Å². The second kappa shape index (κ2) is 6.64. The van der Waals surface area contributed by atoms with Gasteiger partial charge in [0.05, 0.1) is 6.20 Å². The van der Waals surface area contributed by atoms with E-state index >= 15 is 0 Å². The summed E-state index contributed by atoms with van der Waals surface area (Å²) in [5.74, 6) is 1.51. The number of carbonyl (C=O) groups excluding carboxylic acids is 1. The van der Waals surface area contributed by atoms with Gasteiger partial charge >= 0.3 is 0 Å². The van der Waals surface area contributed by atoms with Crippen LogP contribution >= 0.6 is 0 Å². The van der Waals surface area contributed by atoms with Crippen molar-refractivity contribution in [3.8, 4) is 16.9 Å². The summed E-state index contributed by atoms with van der Waals surface area (Å²) in [5.41, 5.74) is 10.7. The Morgan fingerprint density at radius 2 is 1.96 bits per heavy atom. The Bertz CT molecular complexity index is 967. The predicted octanol–water partition coefficient (Wildman–Crippen LogP) is 4.60. The van der Waals surface area contributed by atoms with Gasteiger partial charge in [-0.25, -0.2) is 4.98 Å². The van der Waals surface area contributed by atoms with Crippen LogP contribution in [0.5, 0.6) is 5.75 Å². The molecule has 0 aliphatic carbocycles. The Morgan fingerprint density at radius 3 is 2.77 bits per heavy atom. The van der Waals surface area contributed by atoms with Crippen LogP contribution in [-0.4, -0.2) is 10.8 Å². The highest BCUT2D eigenvalue weighted by Gasteiger charge is 2.20. The van der Waals surface area contributed by atoms with E-state index in [0.29, 0.717) is 18.8 Å². The van der Waals surface area contributed by atoms with E-state index in [-0.39, 0.29) is 11.7 Å². The second-order valence-corrected chi connectivity index (χ2v) is 6.70. The molecule has 0 bridgehead atoms. The molecule has 130 valence electrons. The van der Waals surface area contributed by atoms with Crippen molar-refractivity contribution in [2.45, 2.75) is 25.9 Å². The summed E-state index contributed by atoms with van der Waals surface area (Å²) in [6, 6.07) is 17.8. The molecular formula is C22H20N2O2. The summed E-state index contributed by atoms with van der Waals surface area (Å²) < 4.78 is 5.76. The van der Waals surface area contributed by atoms with Crippen molar-refractivity contribution in [1.82, 2.24) is 4.98 Å². The number of fused-ring (bicyclic) bond motifs is 3. The van der Waals surface area contributed by atoms with E-state index in [2.05, 4.69) is 24.0 Å². The number of nitrogens with two attached hydrogens (primary N) is 1. The van der Waals surface area contributed by atoms with Gasteiger partial charge in [-0.2, -0.15) is 0 Å². The van der Waals surface area contributed by atoms with E-state index in [1.54, 1.807) is 6.20 Å². The molecule has 1 atom stereocenters. The summed E-state index contributed by atoms with van der Waals surface area (Å²) in [5, 5.41) is 0. The second-order valence-electron chi connectivity index (χ2n) is 6.70. The van der Waals surface area contributed by atoms with Crippen LogP contribution in [-0.2, 0) is 6.61 Å². The van der Waals surface area contributed by atoms with Crippen LogP contribution in [0.2, 0.25) is 0 Å². The maximum absolute atomic E-state index is 12.7. The fraction of sp³-hybridized carbons (Fsp3) is 0.182. The number of anilines is 1. The maximum Gasteiger partial charge on any atom is 0.163 e. The monoisotopic (exact) mass is 344 g/mol. The minimum Gasteiger partial charge on any atom is -0.487 e. The summed E-state index contributed by atoms with van der Waals surface area (Å²) >= 11 is 0. The molecule has 0 amide bonds. The van der Waals surface area contributed by atoms with Gasteiger partial charge in [0.15, 0.2) is 5.78 Å². The largest absolute Gasteiger partial charge is 0.487 e. The third-order valence-corrected chi connectivity index (χ3v) is 4.85. The number of hydrogen-bond donors (Lipinski definition) is 1. The van der Waals surface area contributed by atoms with Gasteiger partial charge in [0, 0.05) is 17.5 Å². The minimum atomic E-state index is 0.143. The first kappa shape index (κ1) is 16.3. The van der Waals surface area contributed by atoms with Crippen LogP contribution < -0.4 is 10.5 Å². The molecule has 0 saturated carbocycles. The number of aromatic nitrogens is 1. The molecule has 3 aromatic rings. The Morgan fingerprint density at radius 1 is 1.15 bits per heavy atom. The third-order valence-electron chi connectivity index (χ3n) is 4.85. The topological polar surface area (TPSA) is 65.2 Å². The van der Waals surface area contributed by atoms with Crippen LogP contribution in [0.3, 0.4) is 0 Å². The molecule has 2 aromatic carbocycles. The Balaban J connectivity index is 1.59. The van der Waals surface area contributed by atoms with Crippen LogP contribution in [0.1, 0.15) is 40.7 Å². The number of ether oxygens (including phenoxy) is 1. The molecule has 1 aliphatic heterocycles. The molecule has 26 heavy (non-hydrogen) atoms. The molecule has 0 fully saturated rings. The van der Waals surface area contributed by atoms with Crippen LogP contribution in [0.4, 0.5) is 5.82 Å². The Hall–Kier alpha value is -3.14. The number of pyridine rings is 1. The van der Waals surface area contributed by atoms with Crippen LogP contribution in [0.15, 0.2) is 60.8 Å². The van der Waals surface area contributed by atoms with Crippen LogP contribution in [0, 0.1) is 0 Å². The number of nitrogens with zero attached hydrogens (tertiary/aromatic N) is 1. The van der Waals surface area contributed by atoms with E-state index < -0.39 is 0 Å². The van der Waals surface area contributed by atoms with E-state index in [1.165, 1.54) is 5.56 Å². The fourth-order valence-electron chi connectivity index (χ4n) is 3.38. The van der Waals surface area contributed by atoms with E-state index in [4.69, 9.17) is 10.5 Å². The van der Waals surface area contributed by atoms with Gasteiger partial charge in [-0.15, -0.1) is 0 Å². The average Bonchev–Trinajstić information content (AvgIpc) is 2.68. The lowest BCUT2D eigenvalue weighted by molar-refractivity contribution is 0.0975. The molecule has 0 unspecified atom stereocenters. The van der Waals surface area contributed by atoms with Crippen molar-refractivity contribution < 1.29 is 9.53 Å². The molecular weight excluding hydrogens is 324 g/mol. The van der Waals surface area contributed by atoms with Gasteiger partial charge in [0.1, 0.15) is 18.2 Å². The van der Waals surface area contributed by atoms with Gasteiger partial charge in [-0.1, -0.05) is 49.4 Å². The number of ketones is 1. The average molecular weight is 344 g/mol. The fourth-order valence-corrected chi connectivity index (χ4v) is 3.38. The molecule has 0 saturated heterocycles. The Labute approximate surface area is 152 Å². The van der Waals surface area contributed by atoms with Crippen molar-refractivity contribution in [3.63, 3.8) is 0 Å². The minimum absolute atomic E-state index is 0.143. The highest BCUT2D eigenvalue weighted by Crippen LogP contribution is 2.38. The molecule has 2 heterocycles. The molecule has 1 aromatic heterocycles. The summed E-state index contributed by atoms with van der Waals surface area (Å²) in [4.78, 5) is 16.8. The van der Waals surface area contributed by atoms with Gasteiger partial charge in [-0.05, 0) is 34.7 Å². The van der Waals surface area contributed by atoms with Crippen molar-refractivity contribution in [1.29, 1.82) is 0 Å². The lowest BCUT2D eigenvalue weighted by Crippen LogP contribution is -2.10. The lowest BCUT2D eigenvalue weighted by atomic mass is 9.90. The third kappa shape index (κ3) is 3.06. The Kier molecular flexibility index (Phi) is 4.17. The molecule has 4 rings (SSSR count). The molecule has 4 nitrogen and oxygen atoms in total. The maximum atomic E-state index is 12.7. The van der Waals surface area contributed by atoms with Crippen molar-refractivity contribution in [2.24, 2.45) is 0 Å². The lowest BCUT2D eigenvalue weighted by Gasteiger charge is -2.21. The predicted molar refractivity (Wildman–Crippen MR) is 102 cm³/mol. The van der Waals surface area contributed by atoms with Gasteiger partial charge in [0.2, 0.25) is 0 Å². The summed E-state index contributed by atoms with van der Waals surface area (Å²) in [6.45, 7) is 2.52. The first-order valence-electron chi connectivity index (χ1n) is 8.71. The van der Waals surface area contributed by atoms with Crippen molar-refractivity contribution in [3.05, 3.63) is 77.5 Å². The van der Waals surface area contributed by atoms with Crippen LogP contribution in [0.25, 0.3) is 11.1 Å². The summed E-state index contributed by atoms with van der Waals surface area (Å²) in [6.07, 6.45) is 2.13. The number of nitrogen functional groups attached to an aromatic ring is 1. The standard InChI is InChI=1S/C22H20N2O2/c1-14(15-5-3-2-4-6-15)9-20(25)16-7-8-18-17(10-16)13-26-21-12-24-22(23)11-19(18)21/h2-8,10-12,14H,9,13H2,1H3,(H2,23,24)/t14-/m0/s1. The molecule has 0 radical (unpaired) electrons. The number of Topliss-reactive ketones (excluding diaryl/α,β-unsaturated/α-hetero) is 1. The zero-order valence-electron chi connectivity index (χ0n) is 14.6. The zero-order chi connectivity index (χ0) is 18.1.